The third-order valence-electron chi connectivity index (χ3n) is 3.94. The minimum absolute atomic E-state index is 0.0350. The highest BCUT2D eigenvalue weighted by Gasteiger charge is 2.17. The lowest BCUT2D eigenvalue weighted by Crippen LogP contribution is -2.37. The number of nitrogens with one attached hydrogen (secondary N) is 1. The van der Waals surface area contributed by atoms with Gasteiger partial charge in [0.25, 0.3) is 0 Å². The van der Waals surface area contributed by atoms with Crippen molar-refractivity contribution >= 4 is 17.3 Å². The molecular weight excluding hydrogens is 272 g/mol. The summed E-state index contributed by atoms with van der Waals surface area (Å²) in [6, 6.07) is 18.2. The highest BCUT2D eigenvalue weighted by atomic mass is 16.2. The molecule has 0 saturated carbocycles. The average Bonchev–Trinajstić information content (AvgIpc) is 2.58. The number of carbonyl (C=O) groups is 1. The topological polar surface area (TPSA) is 32.3 Å². The summed E-state index contributed by atoms with van der Waals surface area (Å²) in [6.45, 7) is 3.44. The first-order valence-electron chi connectivity index (χ1n) is 7.59. The fraction of sp³-hybridized carbons (Fsp3) is 0.211. The summed E-state index contributed by atoms with van der Waals surface area (Å²) in [5.41, 5.74) is 4.60. The molecule has 0 bridgehead atoms. The number of hydrogen-bond donors (Lipinski definition) is 1. The van der Waals surface area contributed by atoms with E-state index in [1.54, 1.807) is 0 Å². The van der Waals surface area contributed by atoms with E-state index in [1.165, 1.54) is 16.7 Å². The Morgan fingerprint density at radius 1 is 1.05 bits per heavy atom. The molecule has 0 unspecified atom stereocenters. The number of nitrogens with zero attached hydrogens (tertiary/aromatic N) is 1. The highest BCUT2D eigenvalue weighted by molar-refractivity contribution is 5.90. The van der Waals surface area contributed by atoms with Gasteiger partial charge < -0.3 is 10.2 Å². The van der Waals surface area contributed by atoms with Crippen molar-refractivity contribution < 1.29 is 4.79 Å². The first-order chi connectivity index (χ1) is 10.7. The molecule has 3 heteroatoms. The maximum absolute atomic E-state index is 12.3. The molecule has 1 aliphatic rings. The summed E-state index contributed by atoms with van der Waals surface area (Å²) < 4.78 is 0. The van der Waals surface area contributed by atoms with Gasteiger partial charge in [-0.15, -0.1) is 0 Å². The van der Waals surface area contributed by atoms with Crippen molar-refractivity contribution in [2.24, 2.45) is 0 Å². The van der Waals surface area contributed by atoms with Crippen LogP contribution in [0, 0.1) is 6.92 Å². The van der Waals surface area contributed by atoms with Gasteiger partial charge in [-0.05, 0) is 36.6 Å². The molecule has 0 fully saturated rings. The molecular formula is C19H20N2O. The van der Waals surface area contributed by atoms with Crippen LogP contribution >= 0.6 is 0 Å². The van der Waals surface area contributed by atoms with Gasteiger partial charge in [0.2, 0.25) is 0 Å². The Bertz CT molecular complexity index is 674. The second kappa shape index (κ2) is 6.48. The van der Waals surface area contributed by atoms with Crippen LogP contribution in [0.25, 0.3) is 5.57 Å². The van der Waals surface area contributed by atoms with Gasteiger partial charge in [-0.3, -0.25) is 0 Å². The second-order valence-corrected chi connectivity index (χ2v) is 5.59. The Hall–Kier alpha value is -2.55. The van der Waals surface area contributed by atoms with Crippen LogP contribution in [0.1, 0.15) is 17.5 Å². The van der Waals surface area contributed by atoms with Gasteiger partial charge in [-0.25, -0.2) is 4.79 Å². The molecule has 1 N–H and O–H groups in total. The number of benzene rings is 2. The van der Waals surface area contributed by atoms with E-state index in [-0.39, 0.29) is 6.03 Å². The maximum Gasteiger partial charge on any atom is 0.322 e. The van der Waals surface area contributed by atoms with Gasteiger partial charge in [-0.2, -0.15) is 0 Å². The number of amides is 2. The predicted molar refractivity (Wildman–Crippen MR) is 90.8 cm³/mol. The van der Waals surface area contributed by atoms with Crippen LogP contribution in [0.2, 0.25) is 0 Å². The van der Waals surface area contributed by atoms with Crippen LogP contribution < -0.4 is 5.32 Å². The zero-order chi connectivity index (χ0) is 15.4. The van der Waals surface area contributed by atoms with Crippen LogP contribution in [-0.2, 0) is 0 Å². The second-order valence-electron chi connectivity index (χ2n) is 5.59. The van der Waals surface area contributed by atoms with Crippen LogP contribution in [0.5, 0.6) is 0 Å². The van der Waals surface area contributed by atoms with Crippen molar-refractivity contribution in [3.05, 3.63) is 71.8 Å². The van der Waals surface area contributed by atoms with Crippen molar-refractivity contribution in [3.8, 4) is 0 Å². The molecule has 1 aliphatic heterocycles. The highest BCUT2D eigenvalue weighted by Crippen LogP contribution is 2.22. The molecule has 0 aromatic heterocycles. The summed E-state index contributed by atoms with van der Waals surface area (Å²) in [7, 11) is 0. The fourth-order valence-electron chi connectivity index (χ4n) is 2.61. The summed E-state index contributed by atoms with van der Waals surface area (Å²) in [5.74, 6) is 0. The monoisotopic (exact) mass is 292 g/mol. The average molecular weight is 292 g/mol. The minimum atomic E-state index is -0.0350. The number of aryl methyl sites for hydroxylation is 1. The molecule has 0 aliphatic carbocycles. The van der Waals surface area contributed by atoms with Crippen LogP contribution in [0.4, 0.5) is 10.5 Å². The normalized spacial score (nSPS) is 14.4. The quantitative estimate of drug-likeness (QED) is 0.878. The molecule has 2 amide bonds. The molecule has 112 valence electrons. The summed E-state index contributed by atoms with van der Waals surface area (Å²) in [5, 5.41) is 2.95. The van der Waals surface area contributed by atoms with E-state index in [9.17, 15) is 4.79 Å². The third kappa shape index (κ3) is 3.37. The van der Waals surface area contributed by atoms with E-state index in [4.69, 9.17) is 0 Å². The Kier molecular flexibility index (Phi) is 4.24. The van der Waals surface area contributed by atoms with Gasteiger partial charge in [0.05, 0.1) is 0 Å². The molecule has 22 heavy (non-hydrogen) atoms. The number of hydrogen-bond acceptors (Lipinski definition) is 1. The molecule has 1 heterocycles. The first-order valence-corrected chi connectivity index (χ1v) is 7.59. The van der Waals surface area contributed by atoms with E-state index < -0.39 is 0 Å². The van der Waals surface area contributed by atoms with E-state index in [0.29, 0.717) is 6.54 Å². The van der Waals surface area contributed by atoms with E-state index >= 15 is 0 Å². The standard InChI is InChI=1S/C19H20N2O/c1-15-7-9-18(10-8-15)20-19(22)21-13-11-17(12-14-21)16-5-3-2-4-6-16/h2-11H,12-14H2,1H3,(H,20,22). The molecule has 0 saturated heterocycles. The Morgan fingerprint density at radius 2 is 1.77 bits per heavy atom. The van der Waals surface area contributed by atoms with E-state index in [1.807, 2.05) is 54.3 Å². The molecule has 2 aromatic rings. The number of carbonyl (C=O) groups excluding carboxylic acids is 1. The van der Waals surface area contributed by atoms with Crippen LogP contribution in [-0.4, -0.2) is 24.0 Å². The Labute approximate surface area is 131 Å². The van der Waals surface area contributed by atoms with Crippen LogP contribution in [0.15, 0.2) is 60.7 Å². The number of rotatable bonds is 2. The summed E-state index contributed by atoms with van der Waals surface area (Å²) in [6.07, 6.45) is 3.04. The zero-order valence-corrected chi connectivity index (χ0v) is 12.8. The lowest BCUT2D eigenvalue weighted by atomic mass is 10.00. The van der Waals surface area contributed by atoms with Crippen LogP contribution in [0.3, 0.4) is 0 Å². The Balaban J connectivity index is 1.62. The molecule has 0 spiro atoms. The lowest BCUT2D eigenvalue weighted by molar-refractivity contribution is 0.217. The minimum Gasteiger partial charge on any atom is -0.320 e. The summed E-state index contributed by atoms with van der Waals surface area (Å²) >= 11 is 0. The smallest absolute Gasteiger partial charge is 0.320 e. The summed E-state index contributed by atoms with van der Waals surface area (Å²) in [4.78, 5) is 14.1. The molecule has 0 atom stereocenters. The SMILES string of the molecule is Cc1ccc(NC(=O)N2CC=C(c3ccccc3)CC2)cc1. The fourth-order valence-corrected chi connectivity index (χ4v) is 2.61. The molecule has 3 nitrogen and oxygen atoms in total. The van der Waals surface area contributed by atoms with Gasteiger partial charge in [0.1, 0.15) is 0 Å². The Morgan fingerprint density at radius 3 is 2.41 bits per heavy atom. The van der Waals surface area contributed by atoms with Gasteiger partial charge in [-0.1, -0.05) is 54.1 Å². The van der Waals surface area contributed by atoms with Gasteiger partial charge in [0.15, 0.2) is 0 Å². The van der Waals surface area contributed by atoms with Crippen molar-refractivity contribution in [1.82, 2.24) is 4.90 Å². The van der Waals surface area contributed by atoms with Crippen molar-refractivity contribution in [2.75, 3.05) is 18.4 Å². The molecule has 0 radical (unpaired) electrons. The van der Waals surface area contributed by atoms with Crippen molar-refractivity contribution in [1.29, 1.82) is 0 Å². The molecule has 2 aromatic carbocycles. The molecule has 3 rings (SSSR count). The lowest BCUT2D eigenvalue weighted by Gasteiger charge is -2.27. The predicted octanol–water partition coefficient (Wildman–Crippen LogP) is 4.32. The maximum atomic E-state index is 12.3. The third-order valence-corrected chi connectivity index (χ3v) is 3.94. The van der Waals surface area contributed by atoms with E-state index in [2.05, 4.69) is 23.5 Å². The van der Waals surface area contributed by atoms with Crippen molar-refractivity contribution in [3.63, 3.8) is 0 Å². The van der Waals surface area contributed by atoms with Crippen molar-refractivity contribution in [2.45, 2.75) is 13.3 Å². The van der Waals surface area contributed by atoms with Gasteiger partial charge in [0, 0.05) is 18.8 Å². The zero-order valence-electron chi connectivity index (χ0n) is 12.8. The first kappa shape index (κ1) is 14.4. The number of anilines is 1. The van der Waals surface area contributed by atoms with E-state index in [0.717, 1.165) is 18.7 Å². The van der Waals surface area contributed by atoms with Gasteiger partial charge >= 0.3 is 6.03 Å². The largest absolute Gasteiger partial charge is 0.322 e. The number of urea groups is 1.